The van der Waals surface area contributed by atoms with Crippen LogP contribution >= 0.6 is 22.6 Å². The first-order chi connectivity index (χ1) is 12.6. The van der Waals surface area contributed by atoms with E-state index in [1.165, 1.54) is 9.13 Å². The molecule has 4 nitrogen and oxygen atoms in total. The standard InChI is InChI=1S/C11H10O4S.C10H13I/c12-16(13,14)15-8-10-6-3-5-9-4-1-2-7-11(9)10;1-10(2,3)8-4-6-9(11)7-5-8/h1-7H,8H2,(H,12,13,14);4-7H,1-3H3/p-1. The Kier molecular flexibility index (Phi) is 7.39. The summed E-state index contributed by atoms with van der Waals surface area (Å²) in [6.45, 7) is 6.47. The van der Waals surface area contributed by atoms with E-state index in [2.05, 4.69) is 71.8 Å². The zero-order valence-corrected chi connectivity index (χ0v) is 18.5. The summed E-state index contributed by atoms with van der Waals surface area (Å²) in [5.74, 6) is 0. The molecule has 0 radical (unpaired) electrons. The smallest absolute Gasteiger partial charge is 0.217 e. The Balaban J connectivity index is 0.000000208. The second-order valence-electron chi connectivity index (χ2n) is 7.07. The summed E-state index contributed by atoms with van der Waals surface area (Å²) in [5.41, 5.74) is 2.36. The Morgan fingerprint density at radius 3 is 2.11 bits per heavy atom. The highest BCUT2D eigenvalue weighted by Crippen LogP contribution is 2.22. The lowest BCUT2D eigenvalue weighted by molar-refractivity contribution is 0.254. The van der Waals surface area contributed by atoms with Gasteiger partial charge in [-0.05, 0) is 62.0 Å². The fraction of sp³-hybridized carbons (Fsp3) is 0.238. The van der Waals surface area contributed by atoms with Gasteiger partial charge in [-0.15, -0.1) is 0 Å². The molecule has 0 aromatic heterocycles. The van der Waals surface area contributed by atoms with E-state index in [0.29, 0.717) is 5.56 Å². The van der Waals surface area contributed by atoms with Gasteiger partial charge in [-0.2, -0.15) is 0 Å². The molecule has 0 aliphatic heterocycles. The van der Waals surface area contributed by atoms with E-state index in [1.807, 2.05) is 30.3 Å². The van der Waals surface area contributed by atoms with Crippen LogP contribution in [0.5, 0.6) is 0 Å². The van der Waals surface area contributed by atoms with Crippen LogP contribution in [0.2, 0.25) is 0 Å². The lowest BCUT2D eigenvalue weighted by atomic mass is 9.87. The predicted molar refractivity (Wildman–Crippen MR) is 116 cm³/mol. The molecule has 0 atom stereocenters. The van der Waals surface area contributed by atoms with Crippen molar-refractivity contribution < 1.29 is 17.2 Å². The Morgan fingerprint density at radius 2 is 1.52 bits per heavy atom. The van der Waals surface area contributed by atoms with Crippen LogP contribution in [-0.2, 0) is 26.6 Å². The molecule has 0 saturated heterocycles. The quantitative estimate of drug-likeness (QED) is 0.276. The van der Waals surface area contributed by atoms with Crippen molar-refractivity contribution in [3.63, 3.8) is 0 Å². The first-order valence-corrected chi connectivity index (χ1v) is 10.8. The summed E-state index contributed by atoms with van der Waals surface area (Å²) < 4.78 is 36.6. The van der Waals surface area contributed by atoms with Crippen LogP contribution < -0.4 is 0 Å². The van der Waals surface area contributed by atoms with Crippen molar-refractivity contribution in [1.29, 1.82) is 0 Å². The van der Waals surface area contributed by atoms with Gasteiger partial charge < -0.3 is 4.55 Å². The van der Waals surface area contributed by atoms with Gasteiger partial charge in [0.2, 0.25) is 10.4 Å². The van der Waals surface area contributed by atoms with E-state index >= 15 is 0 Å². The van der Waals surface area contributed by atoms with Gasteiger partial charge in [-0.25, -0.2) is 8.42 Å². The fourth-order valence-corrected chi connectivity index (χ4v) is 3.13. The minimum atomic E-state index is -4.64. The van der Waals surface area contributed by atoms with Gasteiger partial charge in [0.1, 0.15) is 0 Å². The summed E-state index contributed by atoms with van der Waals surface area (Å²) in [6.07, 6.45) is 0. The minimum absolute atomic E-state index is 0.229. The number of rotatable bonds is 3. The Morgan fingerprint density at radius 1 is 0.926 bits per heavy atom. The molecule has 6 heteroatoms. The van der Waals surface area contributed by atoms with Crippen molar-refractivity contribution in [3.05, 3.63) is 81.4 Å². The zero-order chi connectivity index (χ0) is 20.1. The zero-order valence-electron chi connectivity index (χ0n) is 15.5. The van der Waals surface area contributed by atoms with E-state index < -0.39 is 10.4 Å². The first kappa shape index (κ1) is 21.8. The van der Waals surface area contributed by atoms with E-state index in [4.69, 9.17) is 0 Å². The minimum Gasteiger partial charge on any atom is -0.726 e. The molecule has 0 heterocycles. The molecule has 0 unspecified atom stereocenters. The third-order valence-electron chi connectivity index (χ3n) is 3.95. The van der Waals surface area contributed by atoms with Crippen LogP contribution in [0.25, 0.3) is 10.8 Å². The van der Waals surface area contributed by atoms with Crippen LogP contribution in [0.4, 0.5) is 0 Å². The van der Waals surface area contributed by atoms with Gasteiger partial charge in [-0.1, -0.05) is 75.4 Å². The molecule has 0 fully saturated rings. The molecular formula is C21H22IO4S-. The highest BCUT2D eigenvalue weighted by molar-refractivity contribution is 14.1. The van der Waals surface area contributed by atoms with E-state index in [9.17, 15) is 13.0 Å². The fourth-order valence-electron chi connectivity index (χ4n) is 2.50. The molecule has 144 valence electrons. The molecular weight excluding hydrogens is 475 g/mol. The third kappa shape index (κ3) is 7.21. The van der Waals surface area contributed by atoms with Crippen molar-refractivity contribution in [2.45, 2.75) is 32.8 Å². The summed E-state index contributed by atoms with van der Waals surface area (Å²) in [5, 5.41) is 1.86. The van der Waals surface area contributed by atoms with E-state index in [-0.39, 0.29) is 12.0 Å². The number of fused-ring (bicyclic) bond motifs is 1. The Labute approximate surface area is 174 Å². The average molecular weight is 497 g/mol. The van der Waals surface area contributed by atoms with Gasteiger partial charge in [0.15, 0.2) is 0 Å². The average Bonchev–Trinajstić information content (AvgIpc) is 2.59. The van der Waals surface area contributed by atoms with Crippen LogP contribution in [-0.4, -0.2) is 13.0 Å². The van der Waals surface area contributed by atoms with Gasteiger partial charge in [0.25, 0.3) is 0 Å². The SMILES string of the molecule is CC(C)(C)c1ccc(I)cc1.O=S(=O)([O-])OCc1cccc2ccccc12. The van der Waals surface area contributed by atoms with Gasteiger partial charge in [0.05, 0.1) is 6.61 Å². The summed E-state index contributed by atoms with van der Waals surface area (Å²) in [4.78, 5) is 0. The van der Waals surface area contributed by atoms with Gasteiger partial charge in [0, 0.05) is 3.57 Å². The maximum absolute atomic E-state index is 10.4. The second kappa shape index (κ2) is 9.14. The van der Waals surface area contributed by atoms with Crippen LogP contribution in [0.15, 0.2) is 66.7 Å². The van der Waals surface area contributed by atoms with Crippen molar-refractivity contribution >= 4 is 43.8 Å². The molecule has 0 amide bonds. The molecule has 0 aliphatic rings. The van der Waals surface area contributed by atoms with Crippen LogP contribution in [0, 0.1) is 3.57 Å². The molecule has 0 N–H and O–H groups in total. The third-order valence-corrected chi connectivity index (χ3v) is 5.07. The van der Waals surface area contributed by atoms with Crippen molar-refractivity contribution in [3.8, 4) is 0 Å². The molecule has 0 bridgehead atoms. The Hall–Kier alpha value is -1.48. The van der Waals surface area contributed by atoms with Crippen LogP contribution in [0.1, 0.15) is 31.9 Å². The van der Waals surface area contributed by atoms with E-state index in [0.717, 1.165) is 10.8 Å². The van der Waals surface area contributed by atoms with Crippen molar-refractivity contribution in [1.82, 2.24) is 0 Å². The predicted octanol–water partition coefficient (Wildman–Crippen LogP) is 5.41. The Bertz CT molecular complexity index is 985. The summed E-state index contributed by atoms with van der Waals surface area (Å²) in [6, 6.07) is 21.6. The molecule has 3 aromatic carbocycles. The van der Waals surface area contributed by atoms with Crippen molar-refractivity contribution in [2.75, 3.05) is 0 Å². The molecule has 0 aliphatic carbocycles. The van der Waals surface area contributed by atoms with E-state index in [1.54, 1.807) is 12.1 Å². The molecule has 0 spiro atoms. The van der Waals surface area contributed by atoms with Gasteiger partial charge >= 0.3 is 0 Å². The van der Waals surface area contributed by atoms with Crippen LogP contribution in [0.3, 0.4) is 0 Å². The molecule has 3 rings (SSSR count). The molecule has 0 saturated carbocycles. The summed E-state index contributed by atoms with van der Waals surface area (Å²) >= 11 is 2.32. The number of benzene rings is 3. The normalized spacial score (nSPS) is 11.7. The number of hydrogen-bond acceptors (Lipinski definition) is 4. The topological polar surface area (TPSA) is 66.4 Å². The maximum atomic E-state index is 10.4. The number of halogens is 1. The van der Waals surface area contributed by atoms with Gasteiger partial charge in [-0.3, -0.25) is 4.18 Å². The summed E-state index contributed by atoms with van der Waals surface area (Å²) in [7, 11) is -4.64. The maximum Gasteiger partial charge on any atom is 0.217 e. The molecule has 3 aromatic rings. The lowest BCUT2D eigenvalue weighted by Gasteiger charge is -2.18. The molecule has 27 heavy (non-hydrogen) atoms. The first-order valence-electron chi connectivity index (χ1n) is 8.39. The second-order valence-corrected chi connectivity index (χ2v) is 9.36. The monoisotopic (exact) mass is 497 g/mol. The lowest BCUT2D eigenvalue weighted by Crippen LogP contribution is -2.10. The van der Waals surface area contributed by atoms with Crippen molar-refractivity contribution in [2.24, 2.45) is 0 Å². The highest BCUT2D eigenvalue weighted by Gasteiger charge is 2.12. The largest absolute Gasteiger partial charge is 0.726 e. The highest BCUT2D eigenvalue weighted by atomic mass is 127. The number of hydrogen-bond donors (Lipinski definition) is 0.